The molecule has 1 amide bonds. The van der Waals surface area contributed by atoms with Crippen molar-refractivity contribution in [3.05, 3.63) is 70.3 Å². The van der Waals surface area contributed by atoms with Gasteiger partial charge in [0.1, 0.15) is 0 Å². The predicted octanol–water partition coefficient (Wildman–Crippen LogP) is 3.98. The Labute approximate surface area is 141 Å². The molecule has 0 unspecified atom stereocenters. The van der Waals surface area contributed by atoms with E-state index in [1.165, 1.54) is 17.2 Å². The fourth-order valence-electron chi connectivity index (χ4n) is 2.74. The van der Waals surface area contributed by atoms with Crippen molar-refractivity contribution < 1.29 is 4.79 Å². The van der Waals surface area contributed by atoms with Crippen molar-refractivity contribution in [3.63, 3.8) is 0 Å². The Balaban J connectivity index is 1.69. The topological polar surface area (TPSA) is 32.3 Å². The Morgan fingerprint density at radius 1 is 1.22 bits per heavy atom. The number of carbonyl (C=O) groups excluding carboxylic acids is 1. The Morgan fingerprint density at radius 3 is 2.87 bits per heavy atom. The van der Waals surface area contributed by atoms with Gasteiger partial charge in [-0.15, -0.1) is 0 Å². The summed E-state index contributed by atoms with van der Waals surface area (Å²) in [5.74, 6) is -0.158. The van der Waals surface area contributed by atoms with Gasteiger partial charge in [-0.2, -0.15) is 0 Å². The van der Waals surface area contributed by atoms with Gasteiger partial charge >= 0.3 is 0 Å². The third-order valence-corrected chi connectivity index (χ3v) is 4.34. The van der Waals surface area contributed by atoms with Crippen molar-refractivity contribution in [2.24, 2.45) is 0 Å². The van der Waals surface area contributed by atoms with Crippen LogP contribution in [0.15, 0.2) is 48.5 Å². The molecule has 0 fully saturated rings. The highest BCUT2D eigenvalue weighted by atomic mass is 35.5. The summed E-state index contributed by atoms with van der Waals surface area (Å²) < 4.78 is 0. The minimum atomic E-state index is -0.158. The van der Waals surface area contributed by atoms with Gasteiger partial charge < -0.3 is 10.2 Å². The third-order valence-electron chi connectivity index (χ3n) is 4.00. The molecule has 1 aliphatic heterocycles. The van der Waals surface area contributed by atoms with E-state index in [1.807, 2.05) is 24.3 Å². The highest BCUT2D eigenvalue weighted by Crippen LogP contribution is 2.22. The monoisotopic (exact) mass is 326 g/mol. The van der Waals surface area contributed by atoms with Crippen molar-refractivity contribution in [3.8, 4) is 0 Å². The van der Waals surface area contributed by atoms with E-state index in [2.05, 4.69) is 29.4 Å². The van der Waals surface area contributed by atoms with Crippen LogP contribution in [-0.4, -0.2) is 24.4 Å². The molecule has 0 bridgehead atoms. The zero-order chi connectivity index (χ0) is 16.2. The molecule has 0 aliphatic carbocycles. The second-order valence-corrected chi connectivity index (χ2v) is 6.22. The zero-order valence-electron chi connectivity index (χ0n) is 13.1. The molecule has 3 nitrogen and oxygen atoms in total. The average Bonchev–Trinajstić information content (AvgIpc) is 2.54. The SMILES string of the molecule is CN1CCc2ccc(NC(=O)/C=C/c3ccccc3Cl)cc2C1. The molecule has 2 aromatic carbocycles. The predicted molar refractivity (Wildman–Crippen MR) is 95.6 cm³/mol. The molecule has 1 N–H and O–H groups in total. The van der Waals surface area contributed by atoms with E-state index >= 15 is 0 Å². The third kappa shape index (κ3) is 4.01. The number of fused-ring (bicyclic) bond motifs is 1. The number of carbonyl (C=O) groups is 1. The van der Waals surface area contributed by atoms with Gasteiger partial charge in [-0.3, -0.25) is 4.79 Å². The number of hydrogen-bond acceptors (Lipinski definition) is 2. The van der Waals surface area contributed by atoms with Crippen LogP contribution in [0.1, 0.15) is 16.7 Å². The van der Waals surface area contributed by atoms with Crippen LogP contribution in [0.3, 0.4) is 0 Å². The Kier molecular flexibility index (Phi) is 4.79. The number of amides is 1. The van der Waals surface area contributed by atoms with E-state index in [0.29, 0.717) is 5.02 Å². The summed E-state index contributed by atoms with van der Waals surface area (Å²) in [6, 6.07) is 13.6. The van der Waals surface area contributed by atoms with Crippen molar-refractivity contribution >= 4 is 29.3 Å². The van der Waals surface area contributed by atoms with E-state index in [1.54, 1.807) is 12.1 Å². The van der Waals surface area contributed by atoms with E-state index in [-0.39, 0.29) is 5.91 Å². The molecule has 0 spiro atoms. The van der Waals surface area contributed by atoms with Crippen LogP contribution in [0, 0.1) is 0 Å². The summed E-state index contributed by atoms with van der Waals surface area (Å²) >= 11 is 6.07. The van der Waals surface area contributed by atoms with Crippen LogP contribution in [0.5, 0.6) is 0 Å². The van der Waals surface area contributed by atoms with Gasteiger partial charge in [0.15, 0.2) is 0 Å². The Morgan fingerprint density at radius 2 is 2.04 bits per heavy atom. The summed E-state index contributed by atoms with van der Waals surface area (Å²) in [5, 5.41) is 3.54. The number of anilines is 1. The number of nitrogens with zero attached hydrogens (tertiary/aromatic N) is 1. The number of halogens is 1. The highest BCUT2D eigenvalue weighted by molar-refractivity contribution is 6.32. The summed E-state index contributed by atoms with van der Waals surface area (Å²) in [7, 11) is 2.11. The second kappa shape index (κ2) is 6.99. The first-order chi connectivity index (χ1) is 11.1. The maximum Gasteiger partial charge on any atom is 0.248 e. The van der Waals surface area contributed by atoms with E-state index in [9.17, 15) is 4.79 Å². The zero-order valence-corrected chi connectivity index (χ0v) is 13.8. The number of nitrogens with one attached hydrogen (secondary N) is 1. The molecule has 0 radical (unpaired) electrons. The molecule has 0 atom stereocenters. The smallest absolute Gasteiger partial charge is 0.248 e. The Bertz CT molecular complexity index is 755. The minimum absolute atomic E-state index is 0.158. The van der Waals surface area contributed by atoms with Crippen molar-refractivity contribution in [2.45, 2.75) is 13.0 Å². The molecule has 2 aromatic rings. The van der Waals surface area contributed by atoms with Gasteiger partial charge in [0.25, 0.3) is 0 Å². The van der Waals surface area contributed by atoms with Crippen LogP contribution in [0.2, 0.25) is 5.02 Å². The summed E-state index contributed by atoms with van der Waals surface area (Å²) in [5.41, 5.74) is 4.31. The lowest BCUT2D eigenvalue weighted by Gasteiger charge is -2.25. The lowest BCUT2D eigenvalue weighted by molar-refractivity contribution is -0.111. The number of likely N-dealkylation sites (N-methyl/N-ethyl adjacent to an activating group) is 1. The standard InChI is InChI=1S/C19H19ClN2O/c1-22-11-10-14-6-8-17(12-16(14)13-22)21-19(23)9-7-15-4-2-3-5-18(15)20/h2-9,12H,10-11,13H2,1H3,(H,21,23)/b9-7+. The van der Waals surface area contributed by atoms with E-state index in [0.717, 1.165) is 30.8 Å². The first kappa shape index (κ1) is 15.8. The first-order valence-electron chi connectivity index (χ1n) is 7.66. The molecule has 3 rings (SSSR count). The average molecular weight is 327 g/mol. The molecule has 118 valence electrons. The van der Waals surface area contributed by atoms with E-state index in [4.69, 9.17) is 11.6 Å². The van der Waals surface area contributed by atoms with Crippen LogP contribution >= 0.6 is 11.6 Å². The van der Waals surface area contributed by atoms with E-state index < -0.39 is 0 Å². The fraction of sp³-hybridized carbons (Fsp3) is 0.211. The lowest BCUT2D eigenvalue weighted by Crippen LogP contribution is -2.26. The molecular weight excluding hydrogens is 308 g/mol. The number of benzene rings is 2. The van der Waals surface area contributed by atoms with Crippen LogP contribution in [0.4, 0.5) is 5.69 Å². The van der Waals surface area contributed by atoms with Gasteiger partial charge in [0.05, 0.1) is 0 Å². The van der Waals surface area contributed by atoms with Gasteiger partial charge in [0.2, 0.25) is 5.91 Å². The molecule has 4 heteroatoms. The largest absolute Gasteiger partial charge is 0.323 e. The van der Waals surface area contributed by atoms with Crippen LogP contribution < -0.4 is 5.32 Å². The van der Waals surface area contributed by atoms with Gasteiger partial charge in [0, 0.05) is 29.9 Å². The van der Waals surface area contributed by atoms with Crippen LogP contribution in [-0.2, 0) is 17.8 Å². The first-order valence-corrected chi connectivity index (χ1v) is 8.03. The highest BCUT2D eigenvalue weighted by Gasteiger charge is 2.13. The molecule has 23 heavy (non-hydrogen) atoms. The van der Waals surface area contributed by atoms with Gasteiger partial charge in [-0.05, 0) is 54.4 Å². The summed E-state index contributed by atoms with van der Waals surface area (Å²) in [6.07, 6.45) is 4.29. The maximum absolute atomic E-state index is 12.1. The normalized spacial score (nSPS) is 14.7. The lowest BCUT2D eigenvalue weighted by atomic mass is 9.99. The minimum Gasteiger partial charge on any atom is -0.323 e. The molecular formula is C19H19ClN2O. The quantitative estimate of drug-likeness (QED) is 0.865. The second-order valence-electron chi connectivity index (χ2n) is 5.82. The molecule has 1 aliphatic rings. The van der Waals surface area contributed by atoms with Crippen molar-refractivity contribution in [1.29, 1.82) is 0 Å². The Hall–Kier alpha value is -2.10. The number of hydrogen-bond donors (Lipinski definition) is 1. The molecule has 0 aromatic heterocycles. The summed E-state index contributed by atoms with van der Waals surface area (Å²) in [6.45, 7) is 2.01. The maximum atomic E-state index is 12.1. The molecule has 0 saturated carbocycles. The van der Waals surface area contributed by atoms with Gasteiger partial charge in [-0.25, -0.2) is 0 Å². The number of rotatable bonds is 3. The summed E-state index contributed by atoms with van der Waals surface area (Å²) in [4.78, 5) is 14.4. The van der Waals surface area contributed by atoms with Crippen molar-refractivity contribution in [1.82, 2.24) is 4.90 Å². The van der Waals surface area contributed by atoms with Crippen LogP contribution in [0.25, 0.3) is 6.08 Å². The fourth-order valence-corrected chi connectivity index (χ4v) is 2.93. The van der Waals surface area contributed by atoms with Crippen molar-refractivity contribution in [2.75, 3.05) is 18.9 Å². The van der Waals surface area contributed by atoms with Gasteiger partial charge in [-0.1, -0.05) is 35.9 Å². The molecule has 0 saturated heterocycles. The molecule has 1 heterocycles.